The molecule has 0 radical (unpaired) electrons. The van der Waals surface area contributed by atoms with E-state index in [0.717, 1.165) is 4.57 Å². The molecule has 0 saturated heterocycles. The fourth-order valence-corrected chi connectivity index (χ4v) is 4.07. The first-order valence-corrected chi connectivity index (χ1v) is 9.89. The Labute approximate surface area is 189 Å². The molecule has 3 aromatic rings. The van der Waals surface area contributed by atoms with Gasteiger partial charge in [-0.3, -0.25) is 9.36 Å². The van der Waals surface area contributed by atoms with Gasteiger partial charge in [0.15, 0.2) is 5.82 Å². The van der Waals surface area contributed by atoms with Crippen LogP contribution in [0, 0.1) is 0 Å². The molecule has 0 fully saturated rings. The maximum Gasteiger partial charge on any atom is 0.452 e. The van der Waals surface area contributed by atoms with Gasteiger partial charge in [-0.25, -0.2) is 0 Å². The van der Waals surface area contributed by atoms with Crippen molar-refractivity contribution in [3.63, 3.8) is 0 Å². The molecule has 2 atom stereocenters. The van der Waals surface area contributed by atoms with Crippen LogP contribution in [-0.4, -0.2) is 33.0 Å². The smallest absolute Gasteiger partial charge is 0.452 e. The monoisotopic (exact) mass is 487 g/mol. The lowest BCUT2D eigenvalue weighted by Gasteiger charge is -2.23. The van der Waals surface area contributed by atoms with Crippen LogP contribution in [0.3, 0.4) is 0 Å². The minimum atomic E-state index is -4.86. The second-order valence-corrected chi connectivity index (χ2v) is 7.70. The Kier molecular flexibility index (Phi) is 5.78. The number of nitrogens with zero attached hydrogens (tertiary/aromatic N) is 3. The van der Waals surface area contributed by atoms with Gasteiger partial charge in [-0.15, -0.1) is 10.2 Å². The lowest BCUT2D eigenvalue weighted by Crippen LogP contribution is -2.17. The zero-order chi connectivity index (χ0) is 23.2. The van der Waals surface area contributed by atoms with Gasteiger partial charge in [0.25, 0.3) is 0 Å². The third-order valence-electron chi connectivity index (χ3n) is 4.90. The van der Waals surface area contributed by atoms with Gasteiger partial charge >= 0.3 is 12.1 Å². The number of ether oxygens (including phenoxy) is 2. The number of methoxy groups -OCH3 is 1. The molecule has 32 heavy (non-hydrogen) atoms. The molecule has 1 aliphatic heterocycles. The maximum atomic E-state index is 13.7. The lowest BCUT2D eigenvalue weighted by molar-refractivity contribution is -0.146. The van der Waals surface area contributed by atoms with Crippen LogP contribution in [0.1, 0.15) is 41.4 Å². The summed E-state index contributed by atoms with van der Waals surface area (Å²) in [6, 6.07) is 9.05. The number of carboxylic acid groups (broad SMARTS) is 1. The van der Waals surface area contributed by atoms with Gasteiger partial charge in [0, 0.05) is 16.1 Å². The van der Waals surface area contributed by atoms with Crippen molar-refractivity contribution in [2.45, 2.75) is 24.8 Å². The highest BCUT2D eigenvalue weighted by Crippen LogP contribution is 2.46. The zero-order valence-electron chi connectivity index (χ0n) is 16.2. The zero-order valence-corrected chi connectivity index (χ0v) is 17.7. The summed E-state index contributed by atoms with van der Waals surface area (Å²) in [5, 5.41) is 16.7. The standard InChI is InChI=1S/C20H14Cl2F3N3O4/c1-31-13-4-2-3-10(16(13)22)17-11-7-9(21)5-6-12(11)28-18(14(32-17)8-15(29)30)26-27-19(28)20(23,24)25/h2-7,14,17H,8H2,1H3,(H,29,30). The Bertz CT molecular complexity index is 1200. The van der Waals surface area contributed by atoms with E-state index >= 15 is 0 Å². The van der Waals surface area contributed by atoms with Crippen molar-refractivity contribution in [3.05, 3.63) is 69.2 Å². The molecular weight excluding hydrogens is 474 g/mol. The fraction of sp³-hybridized carbons (Fsp3) is 0.250. The number of halogens is 5. The summed E-state index contributed by atoms with van der Waals surface area (Å²) in [6.07, 6.45) is -7.95. The summed E-state index contributed by atoms with van der Waals surface area (Å²) < 4.78 is 53.3. The number of carboxylic acids is 1. The van der Waals surface area contributed by atoms with Crippen molar-refractivity contribution in [1.29, 1.82) is 0 Å². The Morgan fingerprint density at radius 3 is 2.62 bits per heavy atom. The second-order valence-electron chi connectivity index (χ2n) is 6.88. The van der Waals surface area contributed by atoms with Crippen LogP contribution in [0.25, 0.3) is 5.69 Å². The van der Waals surface area contributed by atoms with Crippen molar-refractivity contribution < 1.29 is 32.5 Å². The van der Waals surface area contributed by atoms with E-state index in [1.54, 1.807) is 18.2 Å². The van der Waals surface area contributed by atoms with Crippen molar-refractivity contribution in [3.8, 4) is 11.4 Å². The topological polar surface area (TPSA) is 86.5 Å². The Balaban J connectivity index is 2.03. The predicted molar refractivity (Wildman–Crippen MR) is 107 cm³/mol. The van der Waals surface area contributed by atoms with Crippen molar-refractivity contribution >= 4 is 29.2 Å². The van der Waals surface area contributed by atoms with Gasteiger partial charge < -0.3 is 14.6 Å². The average molecular weight is 488 g/mol. The summed E-state index contributed by atoms with van der Waals surface area (Å²) in [5.74, 6) is -2.60. The summed E-state index contributed by atoms with van der Waals surface area (Å²) in [6.45, 7) is 0. The molecule has 0 aliphatic carbocycles. The number of hydrogen-bond donors (Lipinski definition) is 1. The van der Waals surface area contributed by atoms with Crippen LogP contribution in [0.5, 0.6) is 5.75 Å². The quantitative estimate of drug-likeness (QED) is 0.541. The Morgan fingerprint density at radius 1 is 1.22 bits per heavy atom. The molecule has 1 aliphatic rings. The molecule has 2 aromatic carbocycles. The average Bonchev–Trinajstić information content (AvgIpc) is 3.12. The number of fused-ring (bicyclic) bond motifs is 3. The highest BCUT2D eigenvalue weighted by atomic mass is 35.5. The van der Waals surface area contributed by atoms with E-state index < -0.39 is 36.6 Å². The third kappa shape index (κ3) is 3.89. The molecule has 4 rings (SSSR count). The van der Waals surface area contributed by atoms with E-state index in [0.29, 0.717) is 11.3 Å². The maximum absolute atomic E-state index is 13.7. The summed E-state index contributed by atoms with van der Waals surface area (Å²) in [5.41, 5.74) is 0.628. The van der Waals surface area contributed by atoms with Gasteiger partial charge in [0.1, 0.15) is 18.0 Å². The highest BCUT2D eigenvalue weighted by Gasteiger charge is 2.43. The number of aromatic nitrogens is 3. The first-order valence-electron chi connectivity index (χ1n) is 9.13. The molecule has 0 spiro atoms. The molecule has 0 saturated carbocycles. The van der Waals surface area contributed by atoms with Crippen LogP contribution >= 0.6 is 23.2 Å². The summed E-state index contributed by atoms with van der Waals surface area (Å²) >= 11 is 12.6. The molecule has 0 bridgehead atoms. The van der Waals surface area contributed by atoms with E-state index in [2.05, 4.69) is 10.2 Å². The van der Waals surface area contributed by atoms with E-state index in [1.165, 1.54) is 25.3 Å². The lowest BCUT2D eigenvalue weighted by atomic mass is 9.99. The SMILES string of the molecule is COc1cccc(C2OC(CC(=O)O)c3nnc(C(F)(F)F)n3-c3ccc(Cl)cc32)c1Cl. The predicted octanol–water partition coefficient (Wildman–Crippen LogP) is 5.24. The summed E-state index contributed by atoms with van der Waals surface area (Å²) in [4.78, 5) is 11.5. The van der Waals surface area contributed by atoms with E-state index in [-0.39, 0.29) is 27.1 Å². The third-order valence-corrected chi connectivity index (χ3v) is 5.54. The number of benzene rings is 2. The van der Waals surface area contributed by atoms with Gasteiger partial charge in [-0.2, -0.15) is 13.2 Å². The Hall–Kier alpha value is -2.82. The highest BCUT2D eigenvalue weighted by molar-refractivity contribution is 6.33. The van der Waals surface area contributed by atoms with Gasteiger partial charge in [-0.1, -0.05) is 35.3 Å². The normalized spacial score (nSPS) is 17.9. The second kappa shape index (κ2) is 8.27. The number of aliphatic carboxylic acids is 1. The molecular formula is C20H14Cl2F3N3O4. The van der Waals surface area contributed by atoms with E-state index in [9.17, 15) is 23.1 Å². The number of alkyl halides is 3. The number of hydrogen-bond acceptors (Lipinski definition) is 5. The van der Waals surface area contributed by atoms with Crippen molar-refractivity contribution in [1.82, 2.24) is 14.8 Å². The van der Waals surface area contributed by atoms with E-state index in [1.807, 2.05) is 0 Å². The van der Waals surface area contributed by atoms with Crippen molar-refractivity contribution in [2.24, 2.45) is 0 Å². The largest absolute Gasteiger partial charge is 0.495 e. The molecule has 7 nitrogen and oxygen atoms in total. The van der Waals surface area contributed by atoms with Gasteiger partial charge in [-0.05, 0) is 24.3 Å². The first-order chi connectivity index (χ1) is 15.1. The first kappa shape index (κ1) is 22.4. The number of rotatable bonds is 4. The van der Waals surface area contributed by atoms with Crippen LogP contribution < -0.4 is 4.74 Å². The molecule has 1 N–H and O–H groups in total. The molecule has 2 heterocycles. The van der Waals surface area contributed by atoms with Gasteiger partial charge in [0.05, 0.1) is 24.2 Å². The van der Waals surface area contributed by atoms with Crippen molar-refractivity contribution in [2.75, 3.05) is 7.11 Å². The fourth-order valence-electron chi connectivity index (χ4n) is 3.59. The Morgan fingerprint density at radius 2 is 1.97 bits per heavy atom. The molecule has 168 valence electrons. The summed E-state index contributed by atoms with van der Waals surface area (Å²) in [7, 11) is 1.41. The number of carbonyl (C=O) groups is 1. The minimum Gasteiger partial charge on any atom is -0.495 e. The molecule has 2 unspecified atom stereocenters. The minimum absolute atomic E-state index is 0.0403. The van der Waals surface area contributed by atoms with Crippen LogP contribution in [-0.2, 0) is 15.7 Å². The van der Waals surface area contributed by atoms with E-state index in [4.69, 9.17) is 32.7 Å². The van der Waals surface area contributed by atoms with Crippen LogP contribution in [0.4, 0.5) is 13.2 Å². The van der Waals surface area contributed by atoms with Gasteiger partial charge in [0.2, 0.25) is 5.82 Å². The molecule has 0 amide bonds. The molecule has 1 aromatic heterocycles. The van der Waals surface area contributed by atoms with Crippen LogP contribution in [0.2, 0.25) is 10.0 Å². The van der Waals surface area contributed by atoms with Crippen LogP contribution in [0.15, 0.2) is 36.4 Å². The molecule has 12 heteroatoms.